The molecule has 4 rings (SSSR count). The van der Waals surface area contributed by atoms with E-state index in [0.717, 1.165) is 21.7 Å². The molecule has 1 aromatic carbocycles. The van der Waals surface area contributed by atoms with Gasteiger partial charge in [-0.3, -0.25) is 9.48 Å². The van der Waals surface area contributed by atoms with E-state index in [1.807, 2.05) is 37.6 Å². The van der Waals surface area contributed by atoms with Crippen LogP contribution in [0.25, 0.3) is 21.6 Å². The van der Waals surface area contributed by atoms with Gasteiger partial charge in [-0.2, -0.15) is 5.10 Å². The molecule has 8 heteroatoms. The number of rotatable bonds is 5. The number of methoxy groups -OCH3 is 2. The summed E-state index contributed by atoms with van der Waals surface area (Å²) in [5.74, 6) is 0.911. The molecule has 0 saturated carbocycles. The molecule has 0 aliphatic carbocycles. The number of hydrogen-bond donors (Lipinski definition) is 1. The molecule has 29 heavy (non-hydrogen) atoms. The van der Waals surface area contributed by atoms with Gasteiger partial charge in [-0.1, -0.05) is 6.07 Å². The number of carbonyl (C=O) groups is 1. The smallest absolute Gasteiger partial charge is 0.256 e. The molecule has 148 valence electrons. The number of pyridine rings is 1. The number of anilines is 1. The minimum Gasteiger partial charge on any atom is -0.497 e. The van der Waals surface area contributed by atoms with Crippen molar-refractivity contribution in [3.63, 3.8) is 0 Å². The van der Waals surface area contributed by atoms with Crippen molar-refractivity contribution >= 4 is 34.0 Å². The predicted molar refractivity (Wildman–Crippen MR) is 114 cm³/mol. The fourth-order valence-corrected chi connectivity index (χ4v) is 3.95. The minimum absolute atomic E-state index is 0.255. The Bertz CT molecular complexity index is 1200. The first-order chi connectivity index (χ1) is 14.0. The fourth-order valence-electron chi connectivity index (χ4n) is 3.27. The maximum atomic E-state index is 13.3. The minimum atomic E-state index is -0.255. The third kappa shape index (κ3) is 3.42. The lowest BCUT2D eigenvalue weighted by Gasteiger charge is -2.13. The van der Waals surface area contributed by atoms with E-state index in [4.69, 9.17) is 14.5 Å². The van der Waals surface area contributed by atoms with Gasteiger partial charge in [0.2, 0.25) is 0 Å². The number of aryl methyl sites for hydroxylation is 2. The second-order valence-corrected chi connectivity index (χ2v) is 7.41. The highest BCUT2D eigenvalue weighted by molar-refractivity contribution is 7.13. The van der Waals surface area contributed by atoms with Crippen LogP contribution >= 0.6 is 11.3 Å². The van der Waals surface area contributed by atoms with Crippen LogP contribution in [0.15, 0.2) is 41.8 Å². The van der Waals surface area contributed by atoms with Gasteiger partial charge in [-0.15, -0.1) is 11.3 Å². The van der Waals surface area contributed by atoms with Gasteiger partial charge < -0.3 is 14.8 Å². The highest BCUT2D eigenvalue weighted by atomic mass is 32.1. The van der Waals surface area contributed by atoms with Crippen LogP contribution in [0, 0.1) is 6.92 Å². The number of nitrogens with zero attached hydrogens (tertiary/aromatic N) is 3. The molecule has 1 N–H and O–H groups in total. The van der Waals surface area contributed by atoms with Crippen molar-refractivity contribution < 1.29 is 14.3 Å². The number of benzene rings is 1. The van der Waals surface area contributed by atoms with Crippen molar-refractivity contribution in [1.29, 1.82) is 0 Å². The van der Waals surface area contributed by atoms with E-state index in [0.29, 0.717) is 28.4 Å². The lowest BCUT2D eigenvalue weighted by Crippen LogP contribution is -2.14. The number of amides is 1. The first-order valence-corrected chi connectivity index (χ1v) is 9.81. The van der Waals surface area contributed by atoms with Crippen molar-refractivity contribution in [2.24, 2.45) is 7.05 Å². The van der Waals surface area contributed by atoms with Gasteiger partial charge in [-0.25, -0.2) is 4.98 Å². The second kappa shape index (κ2) is 7.56. The number of thiophene rings is 1. The monoisotopic (exact) mass is 408 g/mol. The van der Waals surface area contributed by atoms with Crippen molar-refractivity contribution in [2.45, 2.75) is 6.92 Å². The average molecular weight is 408 g/mol. The lowest BCUT2D eigenvalue weighted by molar-refractivity contribution is 0.102. The van der Waals surface area contributed by atoms with Crippen LogP contribution in [0.2, 0.25) is 0 Å². The Morgan fingerprint density at radius 2 is 2.00 bits per heavy atom. The first-order valence-electron chi connectivity index (χ1n) is 8.93. The Morgan fingerprint density at radius 1 is 1.17 bits per heavy atom. The second-order valence-electron chi connectivity index (χ2n) is 6.46. The Labute approximate surface area is 171 Å². The molecule has 0 saturated heterocycles. The van der Waals surface area contributed by atoms with Gasteiger partial charge in [0.1, 0.15) is 11.5 Å². The summed E-state index contributed by atoms with van der Waals surface area (Å²) >= 11 is 1.57. The normalized spacial score (nSPS) is 10.9. The van der Waals surface area contributed by atoms with Gasteiger partial charge >= 0.3 is 0 Å². The van der Waals surface area contributed by atoms with E-state index in [1.54, 1.807) is 48.4 Å². The summed E-state index contributed by atoms with van der Waals surface area (Å²) < 4.78 is 12.3. The summed E-state index contributed by atoms with van der Waals surface area (Å²) in [5, 5.41) is 10.1. The van der Waals surface area contributed by atoms with Gasteiger partial charge in [0, 0.05) is 13.1 Å². The molecule has 7 nitrogen and oxygen atoms in total. The molecule has 0 aliphatic rings. The molecule has 3 heterocycles. The average Bonchev–Trinajstić information content (AvgIpc) is 3.36. The first kappa shape index (κ1) is 18.9. The van der Waals surface area contributed by atoms with Crippen LogP contribution < -0.4 is 14.8 Å². The SMILES string of the molecule is COc1ccc(NC(=O)c2cc(-c3cccs3)nc3c2c(C)nn3C)c(OC)c1. The van der Waals surface area contributed by atoms with E-state index in [2.05, 4.69) is 10.4 Å². The van der Waals surface area contributed by atoms with E-state index >= 15 is 0 Å². The molecular weight excluding hydrogens is 388 g/mol. The molecule has 0 aliphatic heterocycles. The Balaban J connectivity index is 1.81. The fraction of sp³-hybridized carbons (Fsp3) is 0.190. The largest absolute Gasteiger partial charge is 0.497 e. The van der Waals surface area contributed by atoms with Gasteiger partial charge in [0.05, 0.1) is 47.1 Å². The Kier molecular flexibility index (Phi) is 4.94. The highest BCUT2D eigenvalue weighted by Gasteiger charge is 2.20. The molecule has 3 aromatic heterocycles. The lowest BCUT2D eigenvalue weighted by atomic mass is 10.1. The highest BCUT2D eigenvalue weighted by Crippen LogP contribution is 2.32. The van der Waals surface area contributed by atoms with Crippen molar-refractivity contribution in [3.8, 4) is 22.1 Å². The maximum absolute atomic E-state index is 13.3. The molecule has 0 unspecified atom stereocenters. The maximum Gasteiger partial charge on any atom is 0.256 e. The number of fused-ring (bicyclic) bond motifs is 1. The number of ether oxygens (including phenoxy) is 2. The standard InChI is InChI=1S/C21H20N4O3S/c1-12-19-14(21(26)23-15-8-7-13(27-3)10-17(15)28-4)11-16(18-6-5-9-29-18)22-20(19)25(2)24-12/h5-11H,1-4H3,(H,23,26). The van der Waals surface area contributed by atoms with Crippen molar-refractivity contribution in [2.75, 3.05) is 19.5 Å². The van der Waals surface area contributed by atoms with Gasteiger partial charge in [-0.05, 0) is 36.6 Å². The third-order valence-electron chi connectivity index (χ3n) is 4.64. The topological polar surface area (TPSA) is 78.3 Å². The summed E-state index contributed by atoms with van der Waals surface area (Å²) in [5.41, 5.74) is 3.23. The van der Waals surface area contributed by atoms with Gasteiger partial charge in [0.25, 0.3) is 5.91 Å². The summed E-state index contributed by atoms with van der Waals surface area (Å²) in [6.45, 7) is 1.87. The molecule has 0 fully saturated rings. The molecule has 0 bridgehead atoms. The number of hydrogen-bond acceptors (Lipinski definition) is 6. The molecule has 0 atom stereocenters. The zero-order chi connectivity index (χ0) is 20.5. The summed E-state index contributed by atoms with van der Waals surface area (Å²) in [4.78, 5) is 19.0. The molecule has 4 aromatic rings. The predicted octanol–water partition coefficient (Wildman–Crippen LogP) is 4.27. The van der Waals surface area contributed by atoms with Crippen LogP contribution in [0.1, 0.15) is 16.1 Å². The van der Waals surface area contributed by atoms with Gasteiger partial charge in [0.15, 0.2) is 5.65 Å². The zero-order valence-electron chi connectivity index (χ0n) is 16.5. The summed E-state index contributed by atoms with van der Waals surface area (Å²) in [6, 6.07) is 11.0. The van der Waals surface area contributed by atoms with E-state index in [9.17, 15) is 4.79 Å². The molecular formula is C21H20N4O3S. The van der Waals surface area contributed by atoms with Crippen molar-refractivity contribution in [1.82, 2.24) is 14.8 Å². The van der Waals surface area contributed by atoms with Crippen LogP contribution in [-0.2, 0) is 7.05 Å². The number of nitrogens with one attached hydrogen (secondary N) is 1. The van der Waals surface area contributed by atoms with Crippen LogP contribution in [0.4, 0.5) is 5.69 Å². The summed E-state index contributed by atoms with van der Waals surface area (Å²) in [6.07, 6.45) is 0. The molecule has 0 spiro atoms. The third-order valence-corrected chi connectivity index (χ3v) is 5.54. The van der Waals surface area contributed by atoms with Crippen LogP contribution in [0.5, 0.6) is 11.5 Å². The quantitative estimate of drug-likeness (QED) is 0.533. The van der Waals surface area contributed by atoms with Crippen LogP contribution in [-0.4, -0.2) is 34.9 Å². The number of aromatic nitrogens is 3. The molecule has 1 amide bonds. The van der Waals surface area contributed by atoms with Crippen LogP contribution in [0.3, 0.4) is 0 Å². The van der Waals surface area contributed by atoms with E-state index in [1.165, 1.54) is 0 Å². The Hall–Kier alpha value is -3.39. The van der Waals surface area contributed by atoms with Crippen molar-refractivity contribution in [3.05, 3.63) is 53.0 Å². The van der Waals surface area contributed by atoms with E-state index < -0.39 is 0 Å². The zero-order valence-corrected chi connectivity index (χ0v) is 17.3. The van der Waals surface area contributed by atoms with E-state index in [-0.39, 0.29) is 5.91 Å². The Morgan fingerprint density at radius 3 is 2.69 bits per heavy atom. The summed E-state index contributed by atoms with van der Waals surface area (Å²) in [7, 11) is 4.96. The molecule has 0 radical (unpaired) electrons. The number of carbonyl (C=O) groups excluding carboxylic acids is 1.